The van der Waals surface area contributed by atoms with E-state index in [9.17, 15) is 30.9 Å². The van der Waals surface area contributed by atoms with Crippen LogP contribution in [-0.2, 0) is 38.6 Å². The number of nitrogens with zero attached hydrogens (tertiary/aromatic N) is 1. The van der Waals surface area contributed by atoms with Gasteiger partial charge in [-0.1, -0.05) is 23.7 Å². The molecule has 0 aliphatic heterocycles. The monoisotopic (exact) mass is 601 g/mol. The maximum Gasteiger partial charge on any atom is 0.416 e. The fourth-order valence-corrected chi connectivity index (χ4v) is 7.22. The zero-order valence-electron chi connectivity index (χ0n) is 20.4. The fraction of sp³-hybridized carbons (Fsp3) is 0.269. The van der Waals surface area contributed by atoms with Crippen LogP contribution in [0.2, 0.25) is 5.02 Å². The van der Waals surface area contributed by atoms with Gasteiger partial charge in [0.1, 0.15) is 5.75 Å². The summed E-state index contributed by atoms with van der Waals surface area (Å²) in [5, 5.41) is 9.30. The van der Waals surface area contributed by atoms with E-state index in [4.69, 9.17) is 21.4 Å². The van der Waals surface area contributed by atoms with Gasteiger partial charge in [0.15, 0.2) is 16.4 Å². The Bertz CT molecular complexity index is 1480. The first kappa shape index (κ1) is 29.2. The largest absolute Gasteiger partial charge is 0.606 e. The average Bonchev–Trinajstić information content (AvgIpc) is 2.90. The van der Waals surface area contributed by atoms with E-state index in [1.165, 1.54) is 31.3 Å². The molecule has 1 aliphatic rings. The Morgan fingerprint density at radius 2 is 1.85 bits per heavy atom. The van der Waals surface area contributed by atoms with Crippen molar-refractivity contribution in [3.63, 3.8) is 0 Å². The van der Waals surface area contributed by atoms with Gasteiger partial charge in [0.2, 0.25) is 10.0 Å². The highest BCUT2D eigenvalue weighted by atomic mass is 35.5. The number of fused-ring (bicyclic) bond motifs is 1. The molecule has 0 saturated heterocycles. The fourth-order valence-electron chi connectivity index (χ4n) is 4.46. The number of halogens is 4. The number of rotatable bonds is 8. The van der Waals surface area contributed by atoms with Crippen molar-refractivity contribution in [3.05, 3.63) is 82.4 Å². The molecule has 2 atom stereocenters. The number of benzene rings is 3. The van der Waals surface area contributed by atoms with Crippen molar-refractivity contribution in [1.82, 2.24) is 4.31 Å². The molecule has 0 aromatic heterocycles. The smallest absolute Gasteiger partial charge is 0.416 e. The number of carboxylic acid groups (broad SMARTS) is 1. The first-order valence-corrected chi connectivity index (χ1v) is 14.6. The summed E-state index contributed by atoms with van der Waals surface area (Å²) in [4.78, 5) is 10.1. The van der Waals surface area contributed by atoms with E-state index in [1.54, 1.807) is 18.2 Å². The van der Waals surface area contributed by atoms with Gasteiger partial charge >= 0.3 is 12.1 Å². The van der Waals surface area contributed by atoms with Crippen molar-refractivity contribution in [2.45, 2.75) is 46.2 Å². The summed E-state index contributed by atoms with van der Waals surface area (Å²) in [6, 6.07) is 12.0. The number of carboxylic acids is 1. The quantitative estimate of drug-likeness (QED) is 0.333. The van der Waals surface area contributed by atoms with Gasteiger partial charge in [-0.05, 0) is 66.8 Å². The molecule has 0 bridgehead atoms. The van der Waals surface area contributed by atoms with E-state index in [2.05, 4.69) is 0 Å². The maximum absolute atomic E-state index is 13.8. The Kier molecular flexibility index (Phi) is 8.52. The minimum Gasteiger partial charge on any atom is -0.606 e. The van der Waals surface area contributed by atoms with Crippen LogP contribution in [0.15, 0.2) is 75.4 Å². The third kappa shape index (κ3) is 6.36. The van der Waals surface area contributed by atoms with Crippen LogP contribution in [0.4, 0.5) is 13.2 Å². The molecule has 0 spiro atoms. The van der Waals surface area contributed by atoms with Crippen molar-refractivity contribution < 1.29 is 40.8 Å². The van der Waals surface area contributed by atoms with Gasteiger partial charge < -0.3 is 14.4 Å². The summed E-state index contributed by atoms with van der Waals surface area (Å²) in [7, 11) is -3.23. The zero-order valence-corrected chi connectivity index (χ0v) is 22.8. The van der Waals surface area contributed by atoms with Gasteiger partial charge in [0.05, 0.1) is 16.5 Å². The Morgan fingerprint density at radius 1 is 1.15 bits per heavy atom. The number of aliphatic carboxylic acids is 1. The van der Waals surface area contributed by atoms with Crippen LogP contribution in [0.5, 0.6) is 5.75 Å². The molecule has 0 radical (unpaired) electrons. The van der Waals surface area contributed by atoms with Crippen molar-refractivity contribution >= 4 is 38.8 Å². The van der Waals surface area contributed by atoms with Crippen molar-refractivity contribution in [2.24, 2.45) is 0 Å². The second-order valence-corrected chi connectivity index (χ2v) is 12.8. The van der Waals surface area contributed by atoms with Crippen LogP contribution >= 0.6 is 11.6 Å². The van der Waals surface area contributed by atoms with Crippen LogP contribution in [0.1, 0.15) is 35.6 Å². The Labute approximate surface area is 231 Å². The highest BCUT2D eigenvalue weighted by molar-refractivity contribution is 7.91. The Morgan fingerprint density at radius 3 is 2.49 bits per heavy atom. The average molecular weight is 602 g/mol. The van der Waals surface area contributed by atoms with Crippen LogP contribution in [0.3, 0.4) is 0 Å². The van der Waals surface area contributed by atoms with Crippen LogP contribution in [0.25, 0.3) is 0 Å². The lowest BCUT2D eigenvalue weighted by atomic mass is 9.87. The summed E-state index contributed by atoms with van der Waals surface area (Å²) in [5.74, 6) is -0.860. The molecular weight excluding hydrogens is 579 g/mol. The van der Waals surface area contributed by atoms with E-state index in [-0.39, 0.29) is 9.79 Å². The standard InChI is InChI=1S/C26H23ClF3NO6S2/c1-31(23-6-2-5-22-21(23)4-3-7-24(22)37-15-25(32)33)39(35,36)20-13-16(26(28,29)30)12-19(14-20)38(34)18-10-8-17(27)9-11-18/h3-4,7-14,23H,2,5-6,15H2,1H3,(H,32,33)/t23-,38?/m1/s1. The minimum atomic E-state index is -4.89. The third-order valence-corrected chi connectivity index (χ3v) is 9.81. The molecule has 4 rings (SSSR count). The van der Waals surface area contributed by atoms with Crippen LogP contribution in [0, 0.1) is 0 Å². The van der Waals surface area contributed by atoms with Gasteiger partial charge in [-0.25, -0.2) is 13.2 Å². The summed E-state index contributed by atoms with van der Waals surface area (Å²) in [6.45, 7) is -0.576. The number of sulfonamides is 1. The molecule has 3 aromatic rings. The molecule has 0 saturated carbocycles. The zero-order chi connectivity index (χ0) is 28.5. The SMILES string of the molecule is CN([C@@H]1CCCc2c(OCC(=O)O)cccc21)S(=O)(=O)c1cc([S+]([O-])c2ccc(Cl)cc2)cc(C(F)(F)F)c1. The Balaban J connectivity index is 1.75. The maximum atomic E-state index is 13.8. The number of hydrogen-bond donors (Lipinski definition) is 1. The number of ether oxygens (including phenoxy) is 1. The van der Waals surface area contributed by atoms with E-state index in [1.807, 2.05) is 0 Å². The predicted octanol–water partition coefficient (Wildman–Crippen LogP) is 5.69. The molecular formula is C26H23ClF3NO6S2. The highest BCUT2D eigenvalue weighted by Crippen LogP contribution is 2.41. The summed E-state index contributed by atoms with van der Waals surface area (Å²) in [5.41, 5.74) is -0.0273. The predicted molar refractivity (Wildman–Crippen MR) is 138 cm³/mol. The van der Waals surface area contributed by atoms with E-state index in [0.717, 1.165) is 10.4 Å². The molecule has 1 aliphatic carbocycles. The third-order valence-electron chi connectivity index (χ3n) is 6.35. The molecule has 3 aromatic carbocycles. The van der Waals surface area contributed by atoms with Gasteiger partial charge in [-0.2, -0.15) is 17.5 Å². The van der Waals surface area contributed by atoms with E-state index >= 15 is 0 Å². The van der Waals surface area contributed by atoms with Gasteiger partial charge in [0, 0.05) is 35.4 Å². The second-order valence-electron chi connectivity index (χ2n) is 8.85. The molecule has 0 amide bonds. The van der Waals surface area contributed by atoms with Crippen molar-refractivity contribution in [3.8, 4) is 5.75 Å². The van der Waals surface area contributed by atoms with Crippen LogP contribution in [-0.4, -0.2) is 42.0 Å². The highest BCUT2D eigenvalue weighted by Gasteiger charge is 2.38. The van der Waals surface area contributed by atoms with Crippen molar-refractivity contribution in [2.75, 3.05) is 13.7 Å². The molecule has 13 heteroatoms. The molecule has 208 valence electrons. The summed E-state index contributed by atoms with van der Waals surface area (Å²) >= 11 is 3.74. The summed E-state index contributed by atoms with van der Waals surface area (Å²) < 4.78 is 88.3. The number of carbonyl (C=O) groups is 1. The van der Waals surface area contributed by atoms with Gasteiger partial charge in [-0.3, -0.25) is 0 Å². The van der Waals surface area contributed by atoms with E-state index < -0.39 is 56.5 Å². The van der Waals surface area contributed by atoms with Gasteiger partial charge in [0.25, 0.3) is 0 Å². The lowest BCUT2D eigenvalue weighted by molar-refractivity contribution is -0.139. The van der Waals surface area contributed by atoms with Gasteiger partial charge in [-0.15, -0.1) is 0 Å². The normalized spacial score (nSPS) is 16.5. The molecule has 0 heterocycles. The first-order valence-electron chi connectivity index (χ1n) is 11.6. The Hall–Kier alpha value is -2.77. The lowest BCUT2D eigenvalue weighted by Gasteiger charge is -2.33. The molecule has 0 fully saturated rings. The summed E-state index contributed by atoms with van der Waals surface area (Å²) in [6.07, 6.45) is -3.45. The molecule has 1 N–H and O–H groups in total. The number of alkyl halides is 3. The van der Waals surface area contributed by atoms with Crippen molar-refractivity contribution in [1.29, 1.82) is 0 Å². The van der Waals surface area contributed by atoms with Crippen LogP contribution < -0.4 is 4.74 Å². The second kappa shape index (κ2) is 11.4. The molecule has 39 heavy (non-hydrogen) atoms. The van der Waals surface area contributed by atoms with E-state index in [0.29, 0.717) is 53.3 Å². The molecule has 1 unspecified atom stereocenters. The first-order chi connectivity index (χ1) is 18.3. The lowest BCUT2D eigenvalue weighted by Crippen LogP contribution is -2.34. The topological polar surface area (TPSA) is 107 Å². The minimum absolute atomic E-state index is 0.158. The number of hydrogen-bond acceptors (Lipinski definition) is 5. The molecule has 7 nitrogen and oxygen atoms in total.